The molecule has 2 N–H and O–H groups in total. The summed E-state index contributed by atoms with van der Waals surface area (Å²) in [4.78, 5) is 11.7. The smallest absolute Gasteiger partial charge is 0.252 e. The molecule has 0 fully saturated rings. The average Bonchev–Trinajstić information content (AvgIpc) is 2.80. The molecule has 1 aliphatic rings. The fraction of sp³-hybridized carbons (Fsp3) is 0.188. The molecule has 0 aromatic heterocycles. The molecule has 0 bridgehead atoms. The van der Waals surface area contributed by atoms with Crippen LogP contribution in [0.25, 0.3) is 0 Å². The van der Waals surface area contributed by atoms with Crippen molar-refractivity contribution >= 4 is 34.2 Å². The van der Waals surface area contributed by atoms with E-state index in [2.05, 4.69) is 64.4 Å². The molecule has 0 saturated heterocycles. The highest BCUT2D eigenvalue weighted by atomic mass is 127. The number of nitrogens with one attached hydrogen (secondary N) is 2. The fourth-order valence-corrected chi connectivity index (χ4v) is 3.45. The molecule has 2 aromatic rings. The topological polar surface area (TPSA) is 41.1 Å². The zero-order valence-electron chi connectivity index (χ0n) is 11.2. The molecule has 0 atom stereocenters. The van der Waals surface area contributed by atoms with Gasteiger partial charge in [0.1, 0.15) is 0 Å². The van der Waals surface area contributed by atoms with E-state index in [1.54, 1.807) is 0 Å². The molecule has 102 valence electrons. The molecule has 0 unspecified atom stereocenters. The second-order valence-corrected chi connectivity index (χ2v) is 6.13. The van der Waals surface area contributed by atoms with Crippen LogP contribution in [0.5, 0.6) is 0 Å². The Labute approximate surface area is 131 Å². The third-order valence-electron chi connectivity index (χ3n) is 3.53. The number of para-hydroxylation sites is 1. The highest BCUT2D eigenvalue weighted by Crippen LogP contribution is 2.24. The van der Waals surface area contributed by atoms with Gasteiger partial charge in [0.2, 0.25) is 0 Å². The summed E-state index contributed by atoms with van der Waals surface area (Å²) >= 11 is 2.24. The van der Waals surface area contributed by atoms with Gasteiger partial charge in [-0.2, -0.15) is 0 Å². The molecule has 4 heteroatoms. The van der Waals surface area contributed by atoms with Gasteiger partial charge in [0.15, 0.2) is 0 Å². The van der Waals surface area contributed by atoms with E-state index in [0.717, 1.165) is 26.9 Å². The van der Waals surface area contributed by atoms with Crippen molar-refractivity contribution in [3.63, 3.8) is 0 Å². The highest BCUT2D eigenvalue weighted by Gasteiger charge is 2.22. The summed E-state index contributed by atoms with van der Waals surface area (Å²) in [5.74, 6) is 0.0443. The highest BCUT2D eigenvalue weighted by molar-refractivity contribution is 14.1. The molecule has 3 rings (SSSR count). The van der Waals surface area contributed by atoms with Gasteiger partial charge in [-0.3, -0.25) is 4.79 Å². The number of amides is 1. The first-order valence-electron chi connectivity index (χ1n) is 6.54. The van der Waals surface area contributed by atoms with Crippen molar-refractivity contribution in [1.82, 2.24) is 5.32 Å². The summed E-state index contributed by atoms with van der Waals surface area (Å²) in [7, 11) is 0. The van der Waals surface area contributed by atoms with Crippen LogP contribution in [0.15, 0.2) is 36.4 Å². The van der Waals surface area contributed by atoms with E-state index >= 15 is 0 Å². The molecule has 1 aliphatic heterocycles. The van der Waals surface area contributed by atoms with E-state index in [0.29, 0.717) is 6.54 Å². The maximum atomic E-state index is 11.7. The normalized spacial score (nSPS) is 13.0. The summed E-state index contributed by atoms with van der Waals surface area (Å²) in [6.45, 7) is 3.50. The van der Waals surface area contributed by atoms with Gasteiger partial charge >= 0.3 is 0 Å². The zero-order valence-corrected chi connectivity index (χ0v) is 13.3. The number of fused-ring (bicyclic) bond motifs is 1. The lowest BCUT2D eigenvalue weighted by atomic mass is 10.1. The maximum Gasteiger partial charge on any atom is 0.252 e. The number of hydrogen-bond donors (Lipinski definition) is 2. The number of carbonyl (C=O) groups excluding carboxylic acids is 1. The molecule has 1 heterocycles. The minimum Gasteiger partial charge on any atom is -0.381 e. The average molecular weight is 378 g/mol. The van der Waals surface area contributed by atoms with Gasteiger partial charge in [0.05, 0.1) is 5.56 Å². The Hall–Kier alpha value is -1.56. The quantitative estimate of drug-likeness (QED) is 0.804. The number of anilines is 1. The minimum absolute atomic E-state index is 0.0443. The van der Waals surface area contributed by atoms with Gasteiger partial charge in [-0.05, 0) is 58.3 Å². The van der Waals surface area contributed by atoms with Crippen LogP contribution in [-0.2, 0) is 13.1 Å². The molecular weight excluding hydrogens is 363 g/mol. The largest absolute Gasteiger partial charge is 0.381 e. The Morgan fingerprint density at radius 1 is 1.30 bits per heavy atom. The second-order valence-electron chi connectivity index (χ2n) is 4.96. The van der Waals surface area contributed by atoms with Crippen LogP contribution in [0.4, 0.5) is 5.69 Å². The molecule has 0 aliphatic carbocycles. The molecular formula is C16H15IN2O. The number of benzene rings is 2. The van der Waals surface area contributed by atoms with Crippen molar-refractivity contribution in [3.05, 3.63) is 62.2 Å². The Kier molecular flexibility index (Phi) is 3.65. The molecule has 20 heavy (non-hydrogen) atoms. The van der Waals surface area contributed by atoms with E-state index in [1.165, 1.54) is 11.1 Å². The van der Waals surface area contributed by atoms with Gasteiger partial charge in [-0.1, -0.05) is 24.3 Å². The summed E-state index contributed by atoms with van der Waals surface area (Å²) < 4.78 is 1.02. The molecule has 3 nitrogen and oxygen atoms in total. The lowest BCUT2D eigenvalue weighted by Gasteiger charge is -2.11. The van der Waals surface area contributed by atoms with Gasteiger partial charge < -0.3 is 10.6 Å². The number of aryl methyl sites for hydroxylation is 1. The van der Waals surface area contributed by atoms with Crippen LogP contribution in [0.3, 0.4) is 0 Å². The van der Waals surface area contributed by atoms with E-state index in [-0.39, 0.29) is 5.91 Å². The summed E-state index contributed by atoms with van der Waals surface area (Å²) in [5, 5.41) is 6.32. The standard InChI is InChI=1S/C16H15IN2O/c1-10-4-2-3-5-14(10)18-8-11-6-12-9-19-16(20)15(12)13(17)7-11/h2-7,18H,8-9H2,1H3,(H,19,20). The van der Waals surface area contributed by atoms with E-state index < -0.39 is 0 Å². The van der Waals surface area contributed by atoms with E-state index in [4.69, 9.17) is 0 Å². The van der Waals surface area contributed by atoms with Gasteiger partial charge in [0.25, 0.3) is 5.91 Å². The number of rotatable bonds is 3. The minimum atomic E-state index is 0.0443. The van der Waals surface area contributed by atoms with Gasteiger partial charge in [-0.25, -0.2) is 0 Å². The first-order chi connectivity index (χ1) is 9.65. The SMILES string of the molecule is Cc1ccccc1NCc1cc(I)c2c(c1)CNC2=O. The molecule has 0 radical (unpaired) electrons. The van der Waals surface area contributed by atoms with Gasteiger partial charge in [0, 0.05) is 22.3 Å². The van der Waals surface area contributed by atoms with E-state index in [1.807, 2.05) is 12.1 Å². The lowest BCUT2D eigenvalue weighted by Crippen LogP contribution is -2.13. The van der Waals surface area contributed by atoms with Crippen LogP contribution in [0.1, 0.15) is 27.0 Å². The Bertz CT molecular complexity index is 682. The first-order valence-corrected chi connectivity index (χ1v) is 7.62. The van der Waals surface area contributed by atoms with Crippen molar-refractivity contribution in [2.24, 2.45) is 0 Å². The summed E-state index contributed by atoms with van der Waals surface area (Å²) in [6.07, 6.45) is 0. The summed E-state index contributed by atoms with van der Waals surface area (Å²) in [5.41, 5.74) is 5.53. The van der Waals surface area contributed by atoms with Gasteiger partial charge in [-0.15, -0.1) is 0 Å². The predicted molar refractivity (Wildman–Crippen MR) is 88.8 cm³/mol. The molecule has 2 aromatic carbocycles. The zero-order chi connectivity index (χ0) is 14.1. The predicted octanol–water partition coefficient (Wildman–Crippen LogP) is 3.46. The van der Waals surface area contributed by atoms with Crippen LogP contribution in [0, 0.1) is 10.5 Å². The maximum absolute atomic E-state index is 11.7. The van der Waals surface area contributed by atoms with Crippen molar-refractivity contribution in [2.75, 3.05) is 5.32 Å². The molecule has 1 amide bonds. The molecule has 0 saturated carbocycles. The lowest BCUT2D eigenvalue weighted by molar-refractivity contribution is 0.0965. The third-order valence-corrected chi connectivity index (χ3v) is 4.38. The Morgan fingerprint density at radius 3 is 2.90 bits per heavy atom. The van der Waals surface area contributed by atoms with Crippen LogP contribution >= 0.6 is 22.6 Å². The molecule has 0 spiro atoms. The van der Waals surface area contributed by atoms with Crippen molar-refractivity contribution in [1.29, 1.82) is 0 Å². The second kappa shape index (κ2) is 5.44. The summed E-state index contributed by atoms with van der Waals surface area (Å²) in [6, 6.07) is 12.4. The van der Waals surface area contributed by atoms with Crippen LogP contribution in [0.2, 0.25) is 0 Å². The Morgan fingerprint density at radius 2 is 2.10 bits per heavy atom. The van der Waals surface area contributed by atoms with Crippen LogP contribution in [-0.4, -0.2) is 5.91 Å². The number of carbonyl (C=O) groups is 1. The Balaban J connectivity index is 1.81. The first kappa shape index (κ1) is 13.4. The monoisotopic (exact) mass is 378 g/mol. The van der Waals surface area contributed by atoms with Crippen molar-refractivity contribution < 1.29 is 4.79 Å². The van der Waals surface area contributed by atoms with Crippen LogP contribution < -0.4 is 10.6 Å². The third kappa shape index (κ3) is 2.52. The number of hydrogen-bond acceptors (Lipinski definition) is 2. The van der Waals surface area contributed by atoms with Crippen molar-refractivity contribution in [3.8, 4) is 0 Å². The number of halogens is 1. The van der Waals surface area contributed by atoms with E-state index in [9.17, 15) is 4.79 Å². The van der Waals surface area contributed by atoms with Crippen molar-refractivity contribution in [2.45, 2.75) is 20.0 Å². The fourth-order valence-electron chi connectivity index (χ4n) is 2.45.